The van der Waals surface area contributed by atoms with Crippen molar-refractivity contribution in [3.05, 3.63) is 65.9 Å². The van der Waals surface area contributed by atoms with Crippen molar-refractivity contribution in [3.8, 4) is 28.1 Å². The van der Waals surface area contributed by atoms with Crippen LogP contribution in [0.1, 0.15) is 104 Å². The molecule has 9 heteroatoms. The molecular weight excluding hydrogens is 624 g/mol. The summed E-state index contributed by atoms with van der Waals surface area (Å²) in [4.78, 5) is 46.6. The third kappa shape index (κ3) is 7.14. The summed E-state index contributed by atoms with van der Waals surface area (Å²) >= 11 is 0. The van der Waals surface area contributed by atoms with Crippen LogP contribution in [0.15, 0.2) is 48.7 Å². The minimum atomic E-state index is 0.143. The number of H-pyrrole nitrogens is 2. The van der Waals surface area contributed by atoms with Gasteiger partial charge in [-0.1, -0.05) is 59.2 Å². The molecule has 264 valence electrons. The van der Waals surface area contributed by atoms with E-state index in [1.54, 1.807) is 0 Å². The smallest absolute Gasteiger partial charge is 0.223 e. The van der Waals surface area contributed by atoms with Crippen molar-refractivity contribution in [2.24, 2.45) is 5.92 Å². The second kappa shape index (κ2) is 15.1. The minimum Gasteiger partial charge on any atom is -0.488 e. The van der Waals surface area contributed by atoms with Gasteiger partial charge in [0, 0.05) is 35.9 Å². The predicted molar refractivity (Wildman–Crippen MR) is 201 cm³/mol. The van der Waals surface area contributed by atoms with Crippen LogP contribution in [-0.4, -0.2) is 53.6 Å². The molecule has 2 aromatic heterocycles. The zero-order chi connectivity index (χ0) is 35.5. The monoisotopic (exact) mass is 676 g/mol. The van der Waals surface area contributed by atoms with Crippen LogP contribution >= 0.6 is 0 Å². The van der Waals surface area contributed by atoms with Crippen LogP contribution in [0.3, 0.4) is 0 Å². The summed E-state index contributed by atoms with van der Waals surface area (Å²) in [5.74, 6) is 3.13. The van der Waals surface area contributed by atoms with Crippen LogP contribution in [0.5, 0.6) is 5.75 Å². The van der Waals surface area contributed by atoms with E-state index in [1.165, 1.54) is 0 Å². The lowest BCUT2D eigenvalue weighted by molar-refractivity contribution is -0.135. The standard InChI is InChI=1S/C41H52N6O3/c1-8-12-39(48)46(26(6)10-3)23-38-43-34-16-14-28-19-33-31-15-13-29(18-30(31)24-50-36(33)20-32(28)41(34)45-38)35-21-42-37(44-35)22-47(27(7)11-4)40(49)17-25(5)9-2/h13-16,18-21,25-27H,8-12,17,22-24H2,1-7H3,(H,42,44)(H,43,45)/t25?,26-,27-/m0/s1. The fraction of sp³-hybridized carbons (Fsp3) is 0.463. The van der Waals surface area contributed by atoms with Crippen LogP contribution < -0.4 is 4.74 Å². The van der Waals surface area contributed by atoms with Gasteiger partial charge in [0.25, 0.3) is 0 Å². The fourth-order valence-electron chi connectivity index (χ4n) is 6.83. The van der Waals surface area contributed by atoms with Crippen LogP contribution in [0.4, 0.5) is 0 Å². The summed E-state index contributed by atoms with van der Waals surface area (Å²) in [6, 6.07) is 15.3. The number of hydrogen-bond donors (Lipinski definition) is 2. The van der Waals surface area contributed by atoms with Gasteiger partial charge in [-0.3, -0.25) is 9.59 Å². The first-order valence-corrected chi connectivity index (χ1v) is 18.5. The van der Waals surface area contributed by atoms with Crippen molar-refractivity contribution < 1.29 is 14.3 Å². The second-order valence-corrected chi connectivity index (χ2v) is 14.1. The molecule has 2 N–H and O–H groups in total. The van der Waals surface area contributed by atoms with E-state index >= 15 is 0 Å². The minimum absolute atomic E-state index is 0.143. The van der Waals surface area contributed by atoms with Gasteiger partial charge in [-0.25, -0.2) is 9.97 Å². The molecule has 0 spiro atoms. The van der Waals surface area contributed by atoms with Gasteiger partial charge in [0.15, 0.2) is 0 Å². The summed E-state index contributed by atoms with van der Waals surface area (Å²) in [7, 11) is 0. The van der Waals surface area contributed by atoms with E-state index in [0.717, 1.165) is 92.8 Å². The maximum atomic E-state index is 13.2. The van der Waals surface area contributed by atoms with Crippen molar-refractivity contribution in [1.29, 1.82) is 0 Å². The van der Waals surface area contributed by atoms with E-state index in [1.807, 2.05) is 22.9 Å². The Bertz CT molecular complexity index is 1990. The van der Waals surface area contributed by atoms with Gasteiger partial charge in [-0.15, -0.1) is 0 Å². The Hall–Kier alpha value is -4.66. The lowest BCUT2D eigenvalue weighted by atomic mass is 9.92. The zero-order valence-electron chi connectivity index (χ0n) is 30.7. The molecule has 0 aliphatic carbocycles. The first-order valence-electron chi connectivity index (χ1n) is 18.5. The lowest BCUT2D eigenvalue weighted by Gasteiger charge is -2.29. The summed E-state index contributed by atoms with van der Waals surface area (Å²) in [5, 5.41) is 2.11. The second-order valence-electron chi connectivity index (χ2n) is 14.1. The zero-order valence-corrected chi connectivity index (χ0v) is 30.7. The Morgan fingerprint density at radius 2 is 1.58 bits per heavy atom. The number of carbonyl (C=O) groups is 2. The molecule has 3 atom stereocenters. The van der Waals surface area contributed by atoms with Crippen molar-refractivity contribution in [3.63, 3.8) is 0 Å². The van der Waals surface area contributed by atoms with Gasteiger partial charge in [0.1, 0.15) is 24.0 Å². The number of amides is 2. The van der Waals surface area contributed by atoms with E-state index in [9.17, 15) is 9.59 Å². The number of hydrogen-bond acceptors (Lipinski definition) is 5. The lowest BCUT2D eigenvalue weighted by Crippen LogP contribution is -2.38. The molecule has 6 rings (SSSR count). The molecule has 9 nitrogen and oxygen atoms in total. The SMILES string of the molecule is CCCC(=O)N(Cc1nc2c(ccc3cc4c(cc32)OCc2cc(-c3cnc(CN(C(=O)CC(C)CC)[C@@H](C)CC)[nH]3)ccc2-4)[nH]1)[C@@H](C)CC. The molecule has 1 aliphatic heterocycles. The number of nitrogens with zero attached hydrogens (tertiary/aromatic N) is 4. The molecule has 2 amide bonds. The fourth-order valence-corrected chi connectivity index (χ4v) is 6.83. The number of aromatic amines is 2. The van der Waals surface area contributed by atoms with Gasteiger partial charge >= 0.3 is 0 Å². The van der Waals surface area contributed by atoms with E-state index in [4.69, 9.17) is 9.72 Å². The summed E-state index contributed by atoms with van der Waals surface area (Å²) in [6.45, 7) is 16.1. The van der Waals surface area contributed by atoms with E-state index in [2.05, 4.69) is 99.0 Å². The molecule has 0 radical (unpaired) electrons. The van der Waals surface area contributed by atoms with Crippen molar-refractivity contribution >= 4 is 33.6 Å². The van der Waals surface area contributed by atoms with Gasteiger partial charge in [0.05, 0.1) is 36.0 Å². The third-order valence-corrected chi connectivity index (χ3v) is 10.5. The maximum Gasteiger partial charge on any atom is 0.223 e. The van der Waals surface area contributed by atoms with Crippen LogP contribution in [0, 0.1) is 5.92 Å². The number of benzene rings is 3. The third-order valence-electron chi connectivity index (χ3n) is 10.5. The molecule has 50 heavy (non-hydrogen) atoms. The molecule has 0 bridgehead atoms. The topological polar surface area (TPSA) is 107 Å². The number of fused-ring (bicyclic) bond motifs is 6. The Kier molecular flexibility index (Phi) is 10.6. The average molecular weight is 677 g/mol. The number of carbonyl (C=O) groups excluding carboxylic acids is 2. The normalized spacial score (nSPS) is 14.1. The average Bonchev–Trinajstić information content (AvgIpc) is 3.78. The number of aromatic nitrogens is 4. The number of nitrogens with one attached hydrogen (secondary N) is 2. The van der Waals surface area contributed by atoms with E-state index in [0.29, 0.717) is 38.5 Å². The van der Waals surface area contributed by atoms with Crippen LogP contribution in [0.25, 0.3) is 44.2 Å². The first-order chi connectivity index (χ1) is 24.1. The number of rotatable bonds is 14. The molecule has 1 aliphatic rings. The molecule has 5 aromatic rings. The highest BCUT2D eigenvalue weighted by atomic mass is 16.5. The molecule has 3 heterocycles. The highest BCUT2D eigenvalue weighted by Gasteiger charge is 2.24. The molecule has 1 unspecified atom stereocenters. The number of imidazole rings is 2. The highest BCUT2D eigenvalue weighted by molar-refractivity contribution is 6.07. The van der Waals surface area contributed by atoms with E-state index in [-0.39, 0.29) is 23.9 Å². The predicted octanol–water partition coefficient (Wildman–Crippen LogP) is 9.16. The maximum absolute atomic E-state index is 13.2. The Morgan fingerprint density at radius 1 is 0.840 bits per heavy atom. The van der Waals surface area contributed by atoms with E-state index < -0.39 is 0 Å². The summed E-state index contributed by atoms with van der Waals surface area (Å²) in [5.41, 5.74) is 7.11. The summed E-state index contributed by atoms with van der Waals surface area (Å²) < 4.78 is 6.38. The largest absolute Gasteiger partial charge is 0.488 e. The molecule has 0 saturated carbocycles. The Balaban J connectivity index is 1.25. The highest BCUT2D eigenvalue weighted by Crippen LogP contribution is 2.42. The molecular formula is C41H52N6O3. The summed E-state index contributed by atoms with van der Waals surface area (Å²) in [6.07, 6.45) is 6.57. The van der Waals surface area contributed by atoms with Crippen molar-refractivity contribution in [2.45, 2.75) is 119 Å². The first kappa shape index (κ1) is 35.2. The van der Waals surface area contributed by atoms with Crippen molar-refractivity contribution in [2.75, 3.05) is 0 Å². The molecule has 0 fully saturated rings. The van der Waals surface area contributed by atoms with Gasteiger partial charge < -0.3 is 24.5 Å². The van der Waals surface area contributed by atoms with Crippen LogP contribution in [-0.2, 0) is 29.3 Å². The van der Waals surface area contributed by atoms with Gasteiger partial charge in [-0.2, -0.15) is 0 Å². The van der Waals surface area contributed by atoms with Gasteiger partial charge in [0.2, 0.25) is 11.8 Å². The Labute approximate surface area is 295 Å². The van der Waals surface area contributed by atoms with Crippen molar-refractivity contribution in [1.82, 2.24) is 29.7 Å². The van der Waals surface area contributed by atoms with Crippen LogP contribution in [0.2, 0.25) is 0 Å². The quantitative estimate of drug-likeness (QED) is 0.122. The van der Waals surface area contributed by atoms with Gasteiger partial charge in [-0.05, 0) is 85.4 Å². The molecule has 3 aromatic carbocycles. The molecule has 0 saturated heterocycles. The Morgan fingerprint density at radius 3 is 2.30 bits per heavy atom. The number of ether oxygens (including phenoxy) is 1.